The van der Waals surface area contributed by atoms with Crippen LogP contribution in [-0.4, -0.2) is 59.0 Å². The van der Waals surface area contributed by atoms with Crippen molar-refractivity contribution in [3.8, 4) is 28.1 Å². The second-order valence-electron chi connectivity index (χ2n) is 13.4. The highest BCUT2D eigenvalue weighted by Gasteiger charge is 2.60. The van der Waals surface area contributed by atoms with E-state index >= 15 is 0 Å². The molecule has 0 spiro atoms. The number of nitrogens with zero attached hydrogens (tertiary/aromatic N) is 2. The van der Waals surface area contributed by atoms with Gasteiger partial charge < -0.3 is 19.9 Å². The Morgan fingerprint density at radius 1 is 0.978 bits per heavy atom. The van der Waals surface area contributed by atoms with Crippen LogP contribution in [0, 0.1) is 30.6 Å². The molecule has 5 fully saturated rings. The zero-order valence-electron chi connectivity index (χ0n) is 25.6. The van der Waals surface area contributed by atoms with Gasteiger partial charge in [0.15, 0.2) is 5.72 Å². The molecule has 1 aromatic heterocycles. The molecule has 1 saturated heterocycles. The van der Waals surface area contributed by atoms with Crippen molar-refractivity contribution >= 4 is 23.7 Å². The standard InChI is InChI=1S/C36H40ClN3O5/c1-22-6-2-3-7-28(22)29-9-11-31(34(41)39-36(45-35(42)43)26-17-23-16-24(19-26)20-27(36)18-23)38-33(29)25-8-10-30(37)32(21-25)44-15-14-40-12-4-5-13-40/h2-3,6-11,21,23-24,26-27H,4-5,12-20H2,1H3,(H,39,41)(H,42,43). The Kier molecular flexibility index (Phi) is 8.21. The minimum atomic E-state index is -1.36. The van der Waals surface area contributed by atoms with Gasteiger partial charge in [-0.3, -0.25) is 9.69 Å². The maximum atomic E-state index is 14.0. The Morgan fingerprint density at radius 3 is 2.38 bits per heavy atom. The summed E-state index contributed by atoms with van der Waals surface area (Å²) < 4.78 is 11.8. The van der Waals surface area contributed by atoms with Gasteiger partial charge in [0.05, 0.1) is 10.7 Å². The van der Waals surface area contributed by atoms with E-state index in [1.807, 2.05) is 55.5 Å². The number of aromatic nitrogens is 1. The number of aryl methyl sites for hydroxylation is 1. The molecule has 2 N–H and O–H groups in total. The van der Waals surface area contributed by atoms with Crippen LogP contribution in [0.3, 0.4) is 0 Å². The van der Waals surface area contributed by atoms with E-state index in [2.05, 4.69) is 10.2 Å². The summed E-state index contributed by atoms with van der Waals surface area (Å²) in [6, 6.07) is 17.3. The summed E-state index contributed by atoms with van der Waals surface area (Å²) in [4.78, 5) is 33.3. The highest BCUT2D eigenvalue weighted by molar-refractivity contribution is 6.32. The number of carboxylic acid groups (broad SMARTS) is 1. The molecule has 8 nitrogen and oxygen atoms in total. The quantitative estimate of drug-likeness (QED) is 0.187. The zero-order chi connectivity index (χ0) is 31.1. The average molecular weight is 630 g/mol. The van der Waals surface area contributed by atoms with Gasteiger partial charge in [0.1, 0.15) is 18.1 Å². The predicted molar refractivity (Wildman–Crippen MR) is 172 cm³/mol. The van der Waals surface area contributed by atoms with Crippen molar-refractivity contribution in [3.63, 3.8) is 0 Å². The van der Waals surface area contributed by atoms with Crippen LogP contribution in [0.5, 0.6) is 5.75 Å². The number of amides is 1. The van der Waals surface area contributed by atoms with E-state index in [-0.39, 0.29) is 17.5 Å². The molecular weight excluding hydrogens is 590 g/mol. The minimum Gasteiger partial charge on any atom is -0.491 e. The Balaban J connectivity index is 1.22. The molecule has 5 aliphatic rings. The highest BCUT2D eigenvalue weighted by atomic mass is 35.5. The van der Waals surface area contributed by atoms with Gasteiger partial charge in [0.2, 0.25) is 0 Å². The predicted octanol–water partition coefficient (Wildman–Crippen LogP) is 7.43. The third kappa shape index (κ3) is 5.90. The number of pyridine rings is 1. The maximum absolute atomic E-state index is 14.0. The largest absolute Gasteiger partial charge is 0.507 e. The molecule has 8 rings (SSSR count). The van der Waals surface area contributed by atoms with Crippen LogP contribution in [0.4, 0.5) is 4.79 Å². The molecule has 2 aromatic carbocycles. The molecular formula is C36H40ClN3O5. The zero-order valence-corrected chi connectivity index (χ0v) is 26.4. The lowest BCUT2D eigenvalue weighted by atomic mass is 9.52. The van der Waals surface area contributed by atoms with Gasteiger partial charge in [-0.2, -0.15) is 0 Å². The first-order chi connectivity index (χ1) is 21.8. The molecule has 45 heavy (non-hydrogen) atoms. The van der Waals surface area contributed by atoms with Crippen molar-refractivity contribution < 1.29 is 24.2 Å². The van der Waals surface area contributed by atoms with Crippen molar-refractivity contribution in [1.82, 2.24) is 15.2 Å². The molecule has 3 aromatic rings. The lowest BCUT2D eigenvalue weighted by Crippen LogP contribution is -2.68. The van der Waals surface area contributed by atoms with Crippen LogP contribution >= 0.6 is 11.6 Å². The molecule has 4 aliphatic carbocycles. The molecule has 0 unspecified atom stereocenters. The number of hydrogen-bond donors (Lipinski definition) is 2. The van der Waals surface area contributed by atoms with Crippen molar-refractivity contribution in [2.24, 2.45) is 23.7 Å². The van der Waals surface area contributed by atoms with Crippen LogP contribution in [-0.2, 0) is 4.74 Å². The van der Waals surface area contributed by atoms with Gasteiger partial charge in [0, 0.05) is 29.5 Å². The molecule has 4 bridgehead atoms. The molecule has 2 heterocycles. The first-order valence-electron chi connectivity index (χ1n) is 16.3. The molecule has 1 amide bonds. The van der Waals surface area contributed by atoms with Crippen LogP contribution in [0.15, 0.2) is 54.6 Å². The van der Waals surface area contributed by atoms with Gasteiger partial charge in [-0.1, -0.05) is 41.9 Å². The summed E-state index contributed by atoms with van der Waals surface area (Å²) in [7, 11) is 0. The van der Waals surface area contributed by atoms with Crippen LogP contribution in [0.25, 0.3) is 22.4 Å². The first-order valence-corrected chi connectivity index (χ1v) is 16.6. The summed E-state index contributed by atoms with van der Waals surface area (Å²) in [6.45, 7) is 5.61. The van der Waals surface area contributed by atoms with Gasteiger partial charge in [-0.25, -0.2) is 9.78 Å². The SMILES string of the molecule is Cc1ccccc1-c1ccc(C(=O)NC2(OC(=O)O)C3CC4CC(C3)CC2C4)nc1-c1ccc(Cl)c(OCCN2CCCC2)c1. The normalized spacial score (nSPS) is 27.0. The third-order valence-corrected chi connectivity index (χ3v) is 10.9. The summed E-state index contributed by atoms with van der Waals surface area (Å²) in [5, 5.41) is 13.4. The summed E-state index contributed by atoms with van der Waals surface area (Å²) in [5.74, 6) is 1.22. The van der Waals surface area contributed by atoms with E-state index in [4.69, 9.17) is 26.1 Å². The summed E-state index contributed by atoms with van der Waals surface area (Å²) in [5.41, 5.74) is 3.33. The van der Waals surface area contributed by atoms with Crippen molar-refractivity contribution in [1.29, 1.82) is 0 Å². The van der Waals surface area contributed by atoms with E-state index in [0.717, 1.165) is 67.6 Å². The Bertz CT molecular complexity index is 1580. The number of halogens is 1. The lowest BCUT2D eigenvalue weighted by molar-refractivity contribution is -0.191. The number of hydrogen-bond acceptors (Lipinski definition) is 6. The molecule has 4 saturated carbocycles. The fraction of sp³-hybridized carbons (Fsp3) is 0.472. The Morgan fingerprint density at radius 2 is 1.69 bits per heavy atom. The first kappa shape index (κ1) is 30.1. The molecule has 0 atom stereocenters. The molecule has 0 radical (unpaired) electrons. The van der Waals surface area contributed by atoms with Crippen LogP contribution < -0.4 is 10.1 Å². The van der Waals surface area contributed by atoms with E-state index in [9.17, 15) is 14.7 Å². The van der Waals surface area contributed by atoms with Gasteiger partial charge in [0.25, 0.3) is 5.91 Å². The van der Waals surface area contributed by atoms with Gasteiger partial charge in [-0.15, -0.1) is 0 Å². The number of likely N-dealkylation sites (tertiary alicyclic amines) is 1. The Hall–Kier alpha value is -3.62. The smallest absolute Gasteiger partial charge is 0.491 e. The van der Waals surface area contributed by atoms with Gasteiger partial charge >= 0.3 is 6.16 Å². The third-order valence-electron chi connectivity index (χ3n) is 10.5. The average Bonchev–Trinajstić information content (AvgIpc) is 3.54. The topological polar surface area (TPSA) is 101 Å². The van der Waals surface area contributed by atoms with E-state index in [1.165, 1.54) is 19.3 Å². The minimum absolute atomic E-state index is 0.0314. The van der Waals surface area contributed by atoms with Crippen LogP contribution in [0.1, 0.15) is 61.0 Å². The number of ether oxygens (including phenoxy) is 2. The van der Waals surface area contributed by atoms with Crippen molar-refractivity contribution in [3.05, 3.63) is 70.9 Å². The number of nitrogens with one attached hydrogen (secondary N) is 1. The monoisotopic (exact) mass is 629 g/mol. The lowest BCUT2D eigenvalue weighted by Gasteiger charge is -2.59. The second kappa shape index (κ2) is 12.3. The number of carbonyl (C=O) groups excluding carboxylic acids is 1. The van der Waals surface area contributed by atoms with Gasteiger partial charge in [-0.05, 0) is 112 Å². The van der Waals surface area contributed by atoms with E-state index < -0.39 is 17.8 Å². The molecule has 1 aliphatic heterocycles. The Labute approximate surface area is 269 Å². The number of benzene rings is 2. The summed E-state index contributed by atoms with van der Waals surface area (Å²) >= 11 is 6.58. The molecule has 9 heteroatoms. The number of carbonyl (C=O) groups is 2. The highest BCUT2D eigenvalue weighted by Crippen LogP contribution is 2.58. The van der Waals surface area contributed by atoms with Crippen LogP contribution in [0.2, 0.25) is 5.02 Å². The second-order valence-corrected chi connectivity index (χ2v) is 13.8. The van der Waals surface area contributed by atoms with E-state index in [1.54, 1.807) is 6.07 Å². The maximum Gasteiger partial charge on any atom is 0.507 e. The molecule has 236 valence electrons. The van der Waals surface area contributed by atoms with Crippen molar-refractivity contribution in [2.75, 3.05) is 26.2 Å². The summed E-state index contributed by atoms with van der Waals surface area (Å²) in [6.07, 6.45) is 5.77. The fourth-order valence-corrected chi connectivity index (χ4v) is 8.79. The number of rotatable bonds is 9. The van der Waals surface area contributed by atoms with E-state index in [0.29, 0.717) is 34.9 Å². The van der Waals surface area contributed by atoms with Crippen molar-refractivity contribution in [2.45, 2.75) is 57.6 Å². The fourth-order valence-electron chi connectivity index (χ4n) is 8.62.